The molecular weight excluding hydrogens is 304 g/mol. The Labute approximate surface area is 113 Å². The third-order valence-electron chi connectivity index (χ3n) is 2.29. The molecule has 5 heteroatoms. The lowest BCUT2D eigenvalue weighted by atomic mass is 10.1. The number of hydrogen-bond donors (Lipinski definition) is 1. The van der Waals surface area contributed by atoms with Crippen LogP contribution >= 0.6 is 27.5 Å². The molecule has 1 atom stereocenters. The Balaban J connectivity index is 2.17. The van der Waals surface area contributed by atoms with Crippen molar-refractivity contribution in [1.82, 2.24) is 9.97 Å². The highest BCUT2D eigenvalue weighted by atomic mass is 79.9. The fraction of sp³-hybridized carbons (Fsp3) is 0.167. The zero-order chi connectivity index (χ0) is 12.3. The number of aromatic nitrogens is 2. The second kappa shape index (κ2) is 5.58. The van der Waals surface area contributed by atoms with E-state index in [4.69, 9.17) is 11.6 Å². The Morgan fingerprint density at radius 1 is 1.41 bits per heavy atom. The highest BCUT2D eigenvalue weighted by Crippen LogP contribution is 2.23. The van der Waals surface area contributed by atoms with E-state index in [-0.39, 0.29) is 0 Å². The van der Waals surface area contributed by atoms with Gasteiger partial charge in [0.15, 0.2) is 0 Å². The van der Waals surface area contributed by atoms with Crippen LogP contribution in [-0.2, 0) is 6.42 Å². The number of aliphatic hydroxyl groups is 1. The van der Waals surface area contributed by atoms with E-state index in [2.05, 4.69) is 25.9 Å². The van der Waals surface area contributed by atoms with Crippen LogP contribution in [0.1, 0.15) is 17.4 Å². The normalized spacial score (nSPS) is 12.4. The molecule has 0 aromatic carbocycles. The van der Waals surface area contributed by atoms with Gasteiger partial charge in [0.25, 0.3) is 0 Å². The van der Waals surface area contributed by atoms with Crippen LogP contribution in [0.25, 0.3) is 0 Å². The molecule has 0 saturated carbocycles. The molecule has 0 saturated heterocycles. The van der Waals surface area contributed by atoms with Gasteiger partial charge in [-0.15, -0.1) is 0 Å². The zero-order valence-electron chi connectivity index (χ0n) is 8.85. The van der Waals surface area contributed by atoms with Crippen molar-refractivity contribution in [2.24, 2.45) is 0 Å². The Kier molecular flexibility index (Phi) is 4.10. The molecule has 0 aliphatic rings. The second-order valence-corrected chi connectivity index (χ2v) is 4.92. The highest BCUT2D eigenvalue weighted by Gasteiger charge is 2.13. The summed E-state index contributed by atoms with van der Waals surface area (Å²) >= 11 is 9.31. The standard InChI is InChI=1S/C12H10BrClN2O/c13-9-4-8(6-15-7-9)5-11(17)12-10(14)2-1-3-16-12/h1-4,6-7,11,17H,5H2. The molecule has 2 aromatic rings. The third-order valence-corrected chi connectivity index (χ3v) is 3.05. The summed E-state index contributed by atoms with van der Waals surface area (Å²) in [5, 5.41) is 10.5. The number of hydrogen-bond acceptors (Lipinski definition) is 3. The zero-order valence-corrected chi connectivity index (χ0v) is 11.2. The van der Waals surface area contributed by atoms with Gasteiger partial charge in [0, 0.05) is 29.5 Å². The third kappa shape index (κ3) is 3.25. The molecule has 0 bridgehead atoms. The molecule has 17 heavy (non-hydrogen) atoms. The summed E-state index contributed by atoms with van der Waals surface area (Å²) in [6, 6.07) is 5.36. The van der Waals surface area contributed by atoms with Crippen LogP contribution in [0.5, 0.6) is 0 Å². The van der Waals surface area contributed by atoms with Crippen molar-refractivity contribution in [3.05, 3.63) is 57.5 Å². The van der Waals surface area contributed by atoms with Crippen LogP contribution in [0.15, 0.2) is 41.3 Å². The predicted molar refractivity (Wildman–Crippen MR) is 69.8 cm³/mol. The molecular formula is C12H10BrClN2O. The molecule has 2 rings (SSSR count). The van der Waals surface area contributed by atoms with Gasteiger partial charge in [-0.3, -0.25) is 9.97 Å². The minimum absolute atomic E-state index is 0.434. The first-order chi connectivity index (χ1) is 8.16. The number of aliphatic hydroxyl groups excluding tert-OH is 1. The number of halogens is 2. The Morgan fingerprint density at radius 2 is 2.24 bits per heavy atom. The minimum atomic E-state index is -0.722. The smallest absolute Gasteiger partial charge is 0.102 e. The van der Waals surface area contributed by atoms with E-state index in [9.17, 15) is 5.11 Å². The van der Waals surface area contributed by atoms with Gasteiger partial charge in [0.05, 0.1) is 10.7 Å². The van der Waals surface area contributed by atoms with Gasteiger partial charge in [0.2, 0.25) is 0 Å². The summed E-state index contributed by atoms with van der Waals surface area (Å²) in [4.78, 5) is 8.12. The quantitative estimate of drug-likeness (QED) is 0.946. The van der Waals surface area contributed by atoms with Crippen molar-refractivity contribution in [3.63, 3.8) is 0 Å². The van der Waals surface area contributed by atoms with Crippen LogP contribution in [0.3, 0.4) is 0 Å². The number of rotatable bonds is 3. The van der Waals surface area contributed by atoms with Crippen molar-refractivity contribution in [2.75, 3.05) is 0 Å². The van der Waals surface area contributed by atoms with Crippen LogP contribution in [0, 0.1) is 0 Å². The van der Waals surface area contributed by atoms with Gasteiger partial charge in [0.1, 0.15) is 6.10 Å². The summed E-state index contributed by atoms with van der Waals surface area (Å²) in [5.74, 6) is 0. The molecule has 2 heterocycles. The van der Waals surface area contributed by atoms with Crippen LogP contribution in [0.2, 0.25) is 5.02 Å². The first kappa shape index (κ1) is 12.5. The lowest BCUT2D eigenvalue weighted by Gasteiger charge is -2.11. The average Bonchev–Trinajstić information content (AvgIpc) is 2.29. The molecule has 0 spiro atoms. The van der Waals surface area contributed by atoms with E-state index >= 15 is 0 Å². The summed E-state index contributed by atoms with van der Waals surface area (Å²) in [7, 11) is 0. The topological polar surface area (TPSA) is 46.0 Å². The van der Waals surface area contributed by atoms with Crippen LogP contribution in [0.4, 0.5) is 0 Å². The van der Waals surface area contributed by atoms with E-state index in [1.165, 1.54) is 0 Å². The largest absolute Gasteiger partial charge is 0.386 e. The van der Waals surface area contributed by atoms with Gasteiger partial charge in [-0.2, -0.15) is 0 Å². The maximum atomic E-state index is 10.1. The molecule has 3 nitrogen and oxygen atoms in total. The fourth-order valence-corrected chi connectivity index (χ4v) is 2.19. The molecule has 0 fully saturated rings. The van der Waals surface area contributed by atoms with Crippen molar-refractivity contribution in [2.45, 2.75) is 12.5 Å². The first-order valence-electron chi connectivity index (χ1n) is 5.04. The summed E-state index contributed by atoms with van der Waals surface area (Å²) < 4.78 is 0.884. The first-order valence-corrected chi connectivity index (χ1v) is 6.22. The average molecular weight is 314 g/mol. The SMILES string of the molecule is OC(Cc1cncc(Br)c1)c1ncccc1Cl. The maximum absolute atomic E-state index is 10.1. The predicted octanol–water partition coefficient (Wildman–Crippen LogP) is 3.17. The van der Waals surface area contributed by atoms with E-state index in [1.807, 2.05) is 6.07 Å². The fourth-order valence-electron chi connectivity index (χ4n) is 1.53. The van der Waals surface area contributed by atoms with Gasteiger partial charge < -0.3 is 5.11 Å². The van der Waals surface area contributed by atoms with Gasteiger partial charge in [-0.25, -0.2) is 0 Å². The Hall–Kier alpha value is -0.970. The number of nitrogens with zero attached hydrogens (tertiary/aromatic N) is 2. The number of pyridine rings is 2. The Bertz CT molecular complexity index is 521. The van der Waals surface area contributed by atoms with Crippen molar-refractivity contribution < 1.29 is 5.11 Å². The molecule has 0 radical (unpaired) electrons. The molecule has 0 aliphatic heterocycles. The van der Waals surface area contributed by atoms with Gasteiger partial charge >= 0.3 is 0 Å². The summed E-state index contributed by atoms with van der Waals surface area (Å²) in [6.07, 6.45) is 4.74. The lowest BCUT2D eigenvalue weighted by Crippen LogP contribution is -2.05. The second-order valence-electron chi connectivity index (χ2n) is 3.60. The van der Waals surface area contributed by atoms with Crippen molar-refractivity contribution in [3.8, 4) is 0 Å². The van der Waals surface area contributed by atoms with Crippen molar-refractivity contribution in [1.29, 1.82) is 0 Å². The molecule has 0 aliphatic carbocycles. The lowest BCUT2D eigenvalue weighted by molar-refractivity contribution is 0.173. The molecule has 0 amide bonds. The van der Waals surface area contributed by atoms with Crippen LogP contribution < -0.4 is 0 Å². The van der Waals surface area contributed by atoms with E-state index in [0.717, 1.165) is 10.0 Å². The molecule has 88 valence electrons. The van der Waals surface area contributed by atoms with E-state index < -0.39 is 6.10 Å². The molecule has 1 N–H and O–H groups in total. The highest BCUT2D eigenvalue weighted by molar-refractivity contribution is 9.10. The van der Waals surface area contributed by atoms with Crippen molar-refractivity contribution >= 4 is 27.5 Å². The maximum Gasteiger partial charge on any atom is 0.102 e. The van der Waals surface area contributed by atoms with Crippen LogP contribution in [-0.4, -0.2) is 15.1 Å². The van der Waals surface area contributed by atoms with Gasteiger partial charge in [-0.05, 0) is 39.7 Å². The monoisotopic (exact) mass is 312 g/mol. The van der Waals surface area contributed by atoms with Gasteiger partial charge in [-0.1, -0.05) is 11.6 Å². The minimum Gasteiger partial charge on any atom is -0.386 e. The molecule has 2 aromatic heterocycles. The summed E-state index contributed by atoms with van der Waals surface area (Å²) in [5.41, 5.74) is 1.42. The van der Waals surface area contributed by atoms with E-state index in [1.54, 1.807) is 30.7 Å². The summed E-state index contributed by atoms with van der Waals surface area (Å²) in [6.45, 7) is 0. The van der Waals surface area contributed by atoms with E-state index in [0.29, 0.717) is 17.1 Å². The Morgan fingerprint density at radius 3 is 2.94 bits per heavy atom. The molecule has 1 unspecified atom stereocenters.